The van der Waals surface area contributed by atoms with Gasteiger partial charge in [-0.25, -0.2) is 9.59 Å². The van der Waals surface area contributed by atoms with Crippen LogP contribution in [0, 0.1) is 0 Å². The van der Waals surface area contributed by atoms with Gasteiger partial charge in [-0.1, -0.05) is 6.08 Å². The molecule has 0 aromatic heterocycles. The van der Waals surface area contributed by atoms with Crippen molar-refractivity contribution in [3.63, 3.8) is 0 Å². The van der Waals surface area contributed by atoms with Gasteiger partial charge in [0.15, 0.2) is 0 Å². The molecule has 0 aromatic rings. The van der Waals surface area contributed by atoms with Crippen molar-refractivity contribution in [2.75, 3.05) is 40.5 Å². The maximum Gasteiger partial charge on any atom is 0.340 e. The topological polar surface area (TPSA) is 65.1 Å². The van der Waals surface area contributed by atoms with Crippen molar-refractivity contribution in [2.45, 2.75) is 25.7 Å². The molecule has 0 aromatic carbocycles. The number of hydrogen-bond donors (Lipinski definition) is 0. The van der Waals surface area contributed by atoms with Gasteiger partial charge < -0.3 is 19.1 Å². The number of hydrogen-bond acceptors (Lipinski definition) is 6. The lowest BCUT2D eigenvalue weighted by Crippen LogP contribution is -2.37. The zero-order valence-corrected chi connectivity index (χ0v) is 13.2. The van der Waals surface area contributed by atoms with Crippen molar-refractivity contribution in [1.82, 2.24) is 4.90 Å². The fraction of sp³-hybridized carbons (Fsp3) is 0.625. The quantitative estimate of drug-likeness (QED) is 0.735. The second-order valence-electron chi connectivity index (χ2n) is 5.27. The number of methoxy groups -OCH3 is 2. The summed E-state index contributed by atoms with van der Waals surface area (Å²) >= 11 is 0. The number of rotatable bonds is 3. The van der Waals surface area contributed by atoms with Gasteiger partial charge in [-0.15, -0.1) is 0 Å². The summed E-state index contributed by atoms with van der Waals surface area (Å²) in [6.45, 7) is 2.67. The van der Waals surface area contributed by atoms with Crippen LogP contribution in [0.25, 0.3) is 0 Å². The van der Waals surface area contributed by atoms with E-state index in [-0.39, 0.29) is 0 Å². The second kappa shape index (κ2) is 7.98. The Hall–Kier alpha value is -1.82. The summed E-state index contributed by atoms with van der Waals surface area (Å²) in [7, 11) is 2.66. The third-order valence-electron chi connectivity index (χ3n) is 3.96. The number of esters is 2. The second-order valence-corrected chi connectivity index (χ2v) is 5.27. The molecule has 6 heteroatoms. The lowest BCUT2D eigenvalue weighted by atomic mass is 9.94. The van der Waals surface area contributed by atoms with Gasteiger partial charge in [0.1, 0.15) is 0 Å². The van der Waals surface area contributed by atoms with E-state index in [2.05, 4.69) is 4.90 Å². The minimum Gasteiger partial charge on any atom is -0.465 e. The minimum absolute atomic E-state index is 0.315. The molecule has 122 valence electrons. The van der Waals surface area contributed by atoms with E-state index in [0.29, 0.717) is 37.4 Å². The lowest BCUT2D eigenvalue weighted by Gasteiger charge is -2.33. The number of morpholine rings is 1. The maximum absolute atomic E-state index is 12.3. The summed E-state index contributed by atoms with van der Waals surface area (Å²) in [6, 6.07) is 0. The Morgan fingerprint density at radius 1 is 1.09 bits per heavy atom. The molecule has 1 heterocycles. The normalized spacial score (nSPS) is 23.2. The molecule has 0 atom stereocenters. The first-order valence-corrected chi connectivity index (χ1v) is 7.62. The molecule has 2 aliphatic rings. The number of nitrogens with zero attached hydrogens (tertiary/aromatic N) is 1. The molecule has 0 saturated carbocycles. The van der Waals surface area contributed by atoms with Gasteiger partial charge in [0.25, 0.3) is 0 Å². The lowest BCUT2D eigenvalue weighted by molar-refractivity contribution is -0.139. The summed E-state index contributed by atoms with van der Waals surface area (Å²) in [4.78, 5) is 26.6. The Balaban J connectivity index is 2.49. The highest BCUT2D eigenvalue weighted by atomic mass is 16.5. The molecule has 0 unspecified atom stereocenters. The van der Waals surface area contributed by atoms with E-state index in [1.165, 1.54) is 14.2 Å². The van der Waals surface area contributed by atoms with E-state index in [0.717, 1.165) is 31.4 Å². The van der Waals surface area contributed by atoms with Crippen molar-refractivity contribution in [3.05, 3.63) is 22.9 Å². The Bertz CT molecular complexity index is 489. The molecule has 0 amide bonds. The molecular formula is C16H23NO5. The average molecular weight is 309 g/mol. The van der Waals surface area contributed by atoms with E-state index >= 15 is 0 Å². The van der Waals surface area contributed by atoms with Crippen LogP contribution in [0.15, 0.2) is 22.9 Å². The fourth-order valence-corrected chi connectivity index (χ4v) is 2.84. The molecule has 0 radical (unpaired) electrons. The summed E-state index contributed by atoms with van der Waals surface area (Å²) in [5, 5.41) is 0. The van der Waals surface area contributed by atoms with E-state index in [4.69, 9.17) is 14.2 Å². The Kier molecular flexibility index (Phi) is 6.00. The van der Waals surface area contributed by atoms with Crippen LogP contribution in [0.4, 0.5) is 0 Å². The number of carbonyl (C=O) groups is 2. The number of ether oxygens (including phenoxy) is 3. The molecule has 2 rings (SSSR count). The molecule has 1 aliphatic heterocycles. The number of allylic oxidation sites excluding steroid dienone is 2. The third kappa shape index (κ3) is 3.68. The van der Waals surface area contributed by atoms with Crippen LogP contribution in [0.5, 0.6) is 0 Å². The van der Waals surface area contributed by atoms with Crippen LogP contribution in [-0.2, 0) is 23.8 Å². The van der Waals surface area contributed by atoms with Crippen molar-refractivity contribution in [2.24, 2.45) is 0 Å². The Labute approximate surface area is 130 Å². The van der Waals surface area contributed by atoms with Crippen molar-refractivity contribution >= 4 is 11.9 Å². The first kappa shape index (κ1) is 16.5. The standard InChI is InChI=1S/C16H23NO5/c1-20-15(18)12-6-4-3-5-7-13(14(12)16(19)21-2)17-8-10-22-11-9-17/h6H,3-5,7-11H2,1-2H3/b12-6?,14-13-. The third-order valence-corrected chi connectivity index (χ3v) is 3.96. The highest BCUT2D eigenvalue weighted by molar-refractivity contribution is 6.07. The van der Waals surface area contributed by atoms with Gasteiger partial charge in [-0.05, 0) is 25.7 Å². The van der Waals surface area contributed by atoms with Gasteiger partial charge in [-0.2, -0.15) is 0 Å². The molecule has 1 fully saturated rings. The van der Waals surface area contributed by atoms with Crippen LogP contribution in [-0.4, -0.2) is 57.4 Å². The van der Waals surface area contributed by atoms with E-state index < -0.39 is 11.9 Å². The maximum atomic E-state index is 12.3. The Morgan fingerprint density at radius 3 is 2.41 bits per heavy atom. The molecule has 0 spiro atoms. The van der Waals surface area contributed by atoms with Crippen LogP contribution in [0.1, 0.15) is 25.7 Å². The predicted molar refractivity (Wildman–Crippen MR) is 80.0 cm³/mol. The summed E-state index contributed by atoms with van der Waals surface area (Å²) in [5.74, 6) is -0.979. The summed E-state index contributed by atoms with van der Waals surface area (Å²) < 4.78 is 15.2. The van der Waals surface area contributed by atoms with E-state index in [1.807, 2.05) is 0 Å². The van der Waals surface area contributed by atoms with Crippen LogP contribution < -0.4 is 0 Å². The monoisotopic (exact) mass is 309 g/mol. The largest absolute Gasteiger partial charge is 0.465 e. The van der Waals surface area contributed by atoms with Gasteiger partial charge in [0.2, 0.25) is 0 Å². The van der Waals surface area contributed by atoms with Crippen LogP contribution >= 0.6 is 0 Å². The first-order valence-electron chi connectivity index (χ1n) is 7.62. The number of carbonyl (C=O) groups excluding carboxylic acids is 2. The molecule has 1 saturated heterocycles. The van der Waals surface area contributed by atoms with Crippen molar-refractivity contribution < 1.29 is 23.8 Å². The predicted octanol–water partition coefficient (Wildman–Crippen LogP) is 1.42. The van der Waals surface area contributed by atoms with Crippen LogP contribution in [0.2, 0.25) is 0 Å². The fourth-order valence-electron chi connectivity index (χ4n) is 2.84. The highest BCUT2D eigenvalue weighted by Gasteiger charge is 2.29. The first-order chi connectivity index (χ1) is 10.7. The Morgan fingerprint density at radius 2 is 1.77 bits per heavy atom. The molecule has 1 aliphatic carbocycles. The molecule has 22 heavy (non-hydrogen) atoms. The zero-order chi connectivity index (χ0) is 15.9. The smallest absolute Gasteiger partial charge is 0.340 e. The minimum atomic E-state index is -0.493. The van der Waals surface area contributed by atoms with Crippen LogP contribution in [0.3, 0.4) is 0 Å². The molecule has 6 nitrogen and oxygen atoms in total. The summed E-state index contributed by atoms with van der Waals surface area (Å²) in [6.07, 6.45) is 5.23. The van der Waals surface area contributed by atoms with E-state index in [9.17, 15) is 9.59 Å². The molecule has 0 N–H and O–H groups in total. The van der Waals surface area contributed by atoms with Gasteiger partial charge in [0.05, 0.1) is 38.6 Å². The van der Waals surface area contributed by atoms with E-state index in [1.54, 1.807) is 6.08 Å². The molecular weight excluding hydrogens is 286 g/mol. The summed E-state index contributed by atoms with van der Waals surface area (Å²) in [5.41, 5.74) is 1.53. The molecule has 0 bridgehead atoms. The highest BCUT2D eigenvalue weighted by Crippen LogP contribution is 2.28. The van der Waals surface area contributed by atoms with Gasteiger partial charge in [0, 0.05) is 18.8 Å². The van der Waals surface area contributed by atoms with Crippen molar-refractivity contribution in [1.29, 1.82) is 0 Å². The van der Waals surface area contributed by atoms with Gasteiger partial charge in [-0.3, -0.25) is 0 Å². The zero-order valence-electron chi connectivity index (χ0n) is 13.2. The average Bonchev–Trinajstić information content (AvgIpc) is 2.54. The SMILES string of the molecule is COC(=O)C1=CCCCC/C(N2CCOCC2)=C\1C(=O)OC. The van der Waals surface area contributed by atoms with Crippen molar-refractivity contribution in [3.8, 4) is 0 Å². The van der Waals surface area contributed by atoms with Gasteiger partial charge >= 0.3 is 11.9 Å².